The molecule has 1 heterocycles. The van der Waals surface area contributed by atoms with Crippen molar-refractivity contribution in [2.45, 2.75) is 13.0 Å². The van der Waals surface area contributed by atoms with E-state index in [0.717, 1.165) is 25.8 Å². The molecule has 2 nitrogen and oxygen atoms in total. The van der Waals surface area contributed by atoms with Crippen LogP contribution in [0, 0.1) is 0 Å². The number of aromatic nitrogens is 1. The van der Waals surface area contributed by atoms with Gasteiger partial charge in [-0.1, -0.05) is 27.5 Å². The van der Waals surface area contributed by atoms with E-state index in [1.807, 2.05) is 25.2 Å². The highest BCUT2D eigenvalue weighted by Gasteiger charge is 2.12. The lowest BCUT2D eigenvalue weighted by Gasteiger charge is -2.05. The van der Waals surface area contributed by atoms with E-state index >= 15 is 0 Å². The van der Waals surface area contributed by atoms with Crippen molar-refractivity contribution >= 4 is 38.9 Å². The molecule has 2 rings (SSSR count). The minimum Gasteiger partial charge on any atom is -0.312 e. The predicted octanol–water partition coefficient (Wildman–Crippen LogP) is 4.51. The van der Waals surface area contributed by atoms with E-state index in [1.54, 1.807) is 11.3 Å². The third kappa shape index (κ3) is 2.88. The molecule has 1 aromatic carbocycles. The van der Waals surface area contributed by atoms with Crippen LogP contribution in [-0.2, 0) is 0 Å². The second kappa shape index (κ2) is 5.48. The average Bonchev–Trinajstić information content (AvgIpc) is 2.80. The fraction of sp³-hybridized carbons (Fsp3) is 0.250. The average molecular weight is 332 g/mol. The quantitative estimate of drug-likeness (QED) is 0.895. The molecular weight excluding hydrogens is 320 g/mol. The molecule has 5 heteroatoms. The monoisotopic (exact) mass is 330 g/mol. The molecule has 17 heavy (non-hydrogen) atoms. The number of hydrogen-bond acceptors (Lipinski definition) is 3. The van der Waals surface area contributed by atoms with Crippen LogP contribution in [0.15, 0.2) is 28.1 Å². The summed E-state index contributed by atoms with van der Waals surface area (Å²) in [6.45, 7) is 2.08. The first-order valence-electron chi connectivity index (χ1n) is 5.20. The fourth-order valence-corrected chi connectivity index (χ4v) is 2.99. The number of hydrogen-bond donors (Lipinski definition) is 1. The van der Waals surface area contributed by atoms with Gasteiger partial charge < -0.3 is 5.32 Å². The third-order valence-corrected chi connectivity index (χ3v) is 4.27. The number of benzene rings is 1. The maximum atomic E-state index is 6.18. The van der Waals surface area contributed by atoms with Gasteiger partial charge in [-0.05, 0) is 32.2 Å². The van der Waals surface area contributed by atoms with Crippen molar-refractivity contribution in [3.05, 3.63) is 38.8 Å². The van der Waals surface area contributed by atoms with Crippen LogP contribution in [0.2, 0.25) is 5.02 Å². The first-order valence-corrected chi connectivity index (χ1v) is 7.25. The zero-order valence-corrected chi connectivity index (χ0v) is 12.7. The van der Waals surface area contributed by atoms with E-state index in [2.05, 4.69) is 38.5 Å². The Balaban J connectivity index is 2.40. The molecule has 0 bridgehead atoms. The zero-order valence-electron chi connectivity index (χ0n) is 9.50. The van der Waals surface area contributed by atoms with Crippen molar-refractivity contribution in [3.63, 3.8) is 0 Å². The number of nitrogens with one attached hydrogen (secondary N) is 1. The molecular formula is C12H12BrClN2S. The van der Waals surface area contributed by atoms with Gasteiger partial charge in [-0.2, -0.15) is 0 Å². The van der Waals surface area contributed by atoms with Crippen LogP contribution < -0.4 is 5.32 Å². The summed E-state index contributed by atoms with van der Waals surface area (Å²) in [4.78, 5) is 4.60. The van der Waals surface area contributed by atoms with E-state index in [-0.39, 0.29) is 6.04 Å². The largest absolute Gasteiger partial charge is 0.312 e. The lowest BCUT2D eigenvalue weighted by molar-refractivity contribution is 0.637. The maximum Gasteiger partial charge on any atom is 0.125 e. The molecule has 1 aromatic heterocycles. The highest BCUT2D eigenvalue weighted by molar-refractivity contribution is 9.10. The Bertz CT molecular complexity index is 527. The summed E-state index contributed by atoms with van der Waals surface area (Å²) in [6, 6.07) is 6.06. The molecule has 0 amide bonds. The molecule has 0 radical (unpaired) electrons. The van der Waals surface area contributed by atoms with Gasteiger partial charge in [0.2, 0.25) is 0 Å². The van der Waals surface area contributed by atoms with Crippen LogP contribution in [0.3, 0.4) is 0 Å². The summed E-state index contributed by atoms with van der Waals surface area (Å²) in [7, 11) is 1.93. The van der Waals surface area contributed by atoms with Crippen molar-refractivity contribution in [1.82, 2.24) is 10.3 Å². The SMILES string of the molecule is CNC(C)c1csc(-c2cc(Br)ccc2Cl)n1. The van der Waals surface area contributed by atoms with Gasteiger partial charge in [-0.15, -0.1) is 11.3 Å². The number of rotatable bonds is 3. The molecule has 1 atom stereocenters. The van der Waals surface area contributed by atoms with Crippen molar-refractivity contribution < 1.29 is 0 Å². The molecule has 1 unspecified atom stereocenters. The smallest absolute Gasteiger partial charge is 0.125 e. The molecule has 0 fully saturated rings. The standard InChI is InChI=1S/C12H12BrClN2S/c1-7(15-2)11-6-17-12(16-11)9-5-8(13)3-4-10(9)14/h3-7,15H,1-2H3. The Morgan fingerprint density at radius 3 is 2.94 bits per heavy atom. The molecule has 0 saturated carbocycles. The maximum absolute atomic E-state index is 6.18. The van der Waals surface area contributed by atoms with Crippen LogP contribution in [-0.4, -0.2) is 12.0 Å². The zero-order chi connectivity index (χ0) is 12.4. The van der Waals surface area contributed by atoms with Crippen LogP contribution in [0.25, 0.3) is 10.6 Å². The molecule has 0 aliphatic rings. The van der Waals surface area contributed by atoms with Gasteiger partial charge in [0.15, 0.2) is 0 Å². The van der Waals surface area contributed by atoms with Crippen LogP contribution in [0.4, 0.5) is 0 Å². The van der Waals surface area contributed by atoms with Gasteiger partial charge in [0.25, 0.3) is 0 Å². The summed E-state index contributed by atoms with van der Waals surface area (Å²) in [6.07, 6.45) is 0. The Morgan fingerprint density at radius 1 is 1.47 bits per heavy atom. The van der Waals surface area contributed by atoms with Crippen molar-refractivity contribution in [1.29, 1.82) is 0 Å². The Hall–Kier alpha value is -0.420. The van der Waals surface area contributed by atoms with Gasteiger partial charge >= 0.3 is 0 Å². The summed E-state index contributed by atoms with van der Waals surface area (Å²) in [5.74, 6) is 0. The molecule has 2 aromatic rings. The van der Waals surface area contributed by atoms with E-state index in [1.165, 1.54) is 0 Å². The first kappa shape index (κ1) is 13.0. The second-order valence-electron chi connectivity index (χ2n) is 3.71. The van der Waals surface area contributed by atoms with Crippen molar-refractivity contribution in [2.24, 2.45) is 0 Å². The Labute approximate surface area is 118 Å². The van der Waals surface area contributed by atoms with E-state index in [0.29, 0.717) is 0 Å². The van der Waals surface area contributed by atoms with Crippen LogP contribution >= 0.6 is 38.9 Å². The highest BCUT2D eigenvalue weighted by atomic mass is 79.9. The Morgan fingerprint density at radius 2 is 2.24 bits per heavy atom. The summed E-state index contributed by atoms with van der Waals surface area (Å²) in [5.41, 5.74) is 2.02. The first-order chi connectivity index (χ1) is 8.11. The number of halogens is 2. The van der Waals surface area contributed by atoms with Gasteiger partial charge in [-0.25, -0.2) is 4.98 Å². The minimum absolute atomic E-state index is 0.255. The van der Waals surface area contributed by atoms with E-state index < -0.39 is 0 Å². The summed E-state index contributed by atoms with van der Waals surface area (Å²) < 4.78 is 1.01. The summed E-state index contributed by atoms with van der Waals surface area (Å²) in [5, 5.41) is 6.92. The molecule has 90 valence electrons. The fourth-order valence-electron chi connectivity index (χ4n) is 1.42. The lowest BCUT2D eigenvalue weighted by Crippen LogP contribution is -2.12. The van der Waals surface area contributed by atoms with Crippen molar-refractivity contribution in [2.75, 3.05) is 7.05 Å². The highest BCUT2D eigenvalue weighted by Crippen LogP contribution is 2.33. The van der Waals surface area contributed by atoms with Crippen LogP contribution in [0.1, 0.15) is 18.7 Å². The normalized spacial score (nSPS) is 12.7. The van der Waals surface area contributed by atoms with Crippen LogP contribution in [0.5, 0.6) is 0 Å². The second-order valence-corrected chi connectivity index (χ2v) is 5.89. The van der Waals surface area contributed by atoms with Gasteiger partial charge in [0, 0.05) is 21.5 Å². The van der Waals surface area contributed by atoms with E-state index in [4.69, 9.17) is 11.6 Å². The molecule has 0 aliphatic carbocycles. The summed E-state index contributed by atoms with van der Waals surface area (Å²) >= 11 is 11.2. The molecule has 1 N–H and O–H groups in total. The number of nitrogens with zero attached hydrogens (tertiary/aromatic N) is 1. The molecule has 0 aliphatic heterocycles. The number of thiazole rings is 1. The van der Waals surface area contributed by atoms with Gasteiger partial charge in [-0.3, -0.25) is 0 Å². The topological polar surface area (TPSA) is 24.9 Å². The minimum atomic E-state index is 0.255. The van der Waals surface area contributed by atoms with Gasteiger partial charge in [0.05, 0.1) is 10.7 Å². The molecule has 0 spiro atoms. The third-order valence-electron chi connectivity index (χ3n) is 2.56. The molecule has 0 saturated heterocycles. The lowest BCUT2D eigenvalue weighted by atomic mass is 10.2. The predicted molar refractivity (Wildman–Crippen MR) is 77.7 cm³/mol. The Kier molecular flexibility index (Phi) is 4.20. The van der Waals surface area contributed by atoms with Crippen molar-refractivity contribution in [3.8, 4) is 10.6 Å². The van der Waals surface area contributed by atoms with Gasteiger partial charge in [0.1, 0.15) is 5.01 Å². The van der Waals surface area contributed by atoms with E-state index in [9.17, 15) is 0 Å².